The van der Waals surface area contributed by atoms with Crippen LogP contribution >= 0.6 is 23.5 Å². The maximum Gasteiger partial charge on any atom is 0.353 e. The van der Waals surface area contributed by atoms with Crippen LogP contribution in [0.2, 0.25) is 0 Å². The molecule has 2 aliphatic rings. The van der Waals surface area contributed by atoms with E-state index in [1.165, 1.54) is 23.5 Å². The van der Waals surface area contributed by atoms with Crippen LogP contribution in [0.25, 0.3) is 0 Å². The van der Waals surface area contributed by atoms with Crippen LogP contribution in [0.1, 0.15) is 0 Å². The van der Waals surface area contributed by atoms with E-state index in [2.05, 4.69) is 4.74 Å². The smallest absolute Gasteiger partial charge is 0.353 e. The highest BCUT2D eigenvalue weighted by Gasteiger charge is 2.35. The Labute approximate surface area is 71.5 Å². The fourth-order valence-electron chi connectivity index (χ4n) is 0.899. The first-order valence-corrected chi connectivity index (χ1v) is 5.02. The van der Waals surface area contributed by atoms with Crippen LogP contribution in [-0.2, 0) is 14.3 Å². The summed E-state index contributed by atoms with van der Waals surface area (Å²) in [5.41, 5.74) is 0. The fourth-order valence-corrected chi connectivity index (χ4v) is 3.08. The van der Waals surface area contributed by atoms with Crippen molar-refractivity contribution in [1.29, 1.82) is 0 Å². The molecule has 0 atom stereocenters. The Morgan fingerprint density at radius 2 is 1.45 bits per heavy atom. The molecule has 0 aromatic heterocycles. The molecule has 0 fully saturated rings. The highest BCUT2D eigenvalue weighted by atomic mass is 32.2. The maximum atomic E-state index is 10.9. The molecule has 0 spiro atoms. The van der Waals surface area contributed by atoms with Crippen molar-refractivity contribution in [2.24, 2.45) is 0 Å². The molecule has 58 valence electrons. The average Bonchev–Trinajstić information content (AvgIpc) is 2.30. The summed E-state index contributed by atoms with van der Waals surface area (Å²) in [5, 5.41) is 0. The third-order valence-corrected chi connectivity index (χ3v) is 3.86. The minimum absolute atomic E-state index is 0.470. The van der Waals surface area contributed by atoms with Gasteiger partial charge in [-0.2, -0.15) is 0 Å². The number of rotatable bonds is 0. The third kappa shape index (κ3) is 1.08. The Kier molecular flexibility index (Phi) is 1.69. The molecule has 0 saturated carbocycles. The average molecular weight is 188 g/mol. The van der Waals surface area contributed by atoms with Gasteiger partial charge in [-0.1, -0.05) is 0 Å². The Morgan fingerprint density at radius 3 is 1.91 bits per heavy atom. The fraction of sp³-hybridized carbons (Fsp3) is 0.333. The lowest BCUT2D eigenvalue weighted by atomic mass is 10.5. The molecule has 3 nitrogen and oxygen atoms in total. The largest absolute Gasteiger partial charge is 0.385 e. The van der Waals surface area contributed by atoms with Gasteiger partial charge < -0.3 is 4.74 Å². The van der Waals surface area contributed by atoms with E-state index >= 15 is 0 Å². The van der Waals surface area contributed by atoms with Crippen LogP contribution in [0.5, 0.6) is 0 Å². The van der Waals surface area contributed by atoms with Crippen molar-refractivity contribution in [3.8, 4) is 0 Å². The van der Waals surface area contributed by atoms with Gasteiger partial charge in [0.05, 0.1) is 0 Å². The Balaban J connectivity index is 2.40. The summed E-state index contributed by atoms with van der Waals surface area (Å²) >= 11 is 2.82. The van der Waals surface area contributed by atoms with Gasteiger partial charge in [-0.15, -0.1) is 23.5 Å². The minimum atomic E-state index is -0.470. The van der Waals surface area contributed by atoms with E-state index < -0.39 is 11.9 Å². The summed E-state index contributed by atoms with van der Waals surface area (Å²) in [6.07, 6.45) is 0. The number of carbonyl (C=O) groups is 2. The van der Waals surface area contributed by atoms with E-state index in [1.807, 2.05) is 0 Å². The first kappa shape index (κ1) is 7.24. The predicted molar refractivity (Wildman–Crippen MR) is 43.0 cm³/mol. The maximum absolute atomic E-state index is 10.9. The summed E-state index contributed by atoms with van der Waals surface area (Å²) in [7, 11) is 0. The first-order chi connectivity index (χ1) is 5.29. The van der Waals surface area contributed by atoms with Crippen LogP contribution in [-0.4, -0.2) is 23.4 Å². The van der Waals surface area contributed by atoms with E-state index in [1.54, 1.807) is 0 Å². The molecule has 11 heavy (non-hydrogen) atoms. The molecule has 2 rings (SSSR count). The molecular formula is C6H4O3S2. The van der Waals surface area contributed by atoms with Crippen molar-refractivity contribution < 1.29 is 14.3 Å². The second kappa shape index (κ2) is 2.57. The number of thioether (sulfide) groups is 2. The van der Waals surface area contributed by atoms with Gasteiger partial charge in [0.15, 0.2) is 0 Å². The summed E-state index contributed by atoms with van der Waals surface area (Å²) in [6.45, 7) is 0. The van der Waals surface area contributed by atoms with E-state index in [9.17, 15) is 9.59 Å². The second-order valence-electron chi connectivity index (χ2n) is 2.03. The molecule has 0 radical (unpaired) electrons. The van der Waals surface area contributed by atoms with Gasteiger partial charge in [0.25, 0.3) is 0 Å². The third-order valence-electron chi connectivity index (χ3n) is 1.34. The highest BCUT2D eigenvalue weighted by Crippen LogP contribution is 2.39. The highest BCUT2D eigenvalue weighted by molar-refractivity contribution is 8.11. The molecule has 0 aliphatic carbocycles. The van der Waals surface area contributed by atoms with Gasteiger partial charge in [0.1, 0.15) is 9.81 Å². The van der Waals surface area contributed by atoms with Gasteiger partial charge in [-0.05, 0) is 0 Å². The van der Waals surface area contributed by atoms with Crippen molar-refractivity contribution in [1.82, 2.24) is 0 Å². The van der Waals surface area contributed by atoms with Crippen LogP contribution < -0.4 is 0 Å². The summed E-state index contributed by atoms with van der Waals surface area (Å²) < 4.78 is 4.41. The van der Waals surface area contributed by atoms with Gasteiger partial charge in [-0.25, -0.2) is 9.59 Å². The van der Waals surface area contributed by atoms with Crippen molar-refractivity contribution in [2.75, 3.05) is 11.5 Å². The van der Waals surface area contributed by atoms with Gasteiger partial charge >= 0.3 is 11.9 Å². The molecule has 0 saturated heterocycles. The van der Waals surface area contributed by atoms with Crippen molar-refractivity contribution in [2.45, 2.75) is 0 Å². The quantitative estimate of drug-likeness (QED) is 0.415. The van der Waals surface area contributed by atoms with E-state index in [-0.39, 0.29) is 0 Å². The zero-order valence-corrected chi connectivity index (χ0v) is 7.09. The predicted octanol–water partition coefficient (Wildman–Crippen LogP) is 0.761. The van der Waals surface area contributed by atoms with E-state index in [4.69, 9.17) is 0 Å². The Bertz CT molecular complexity index is 243. The van der Waals surface area contributed by atoms with Crippen molar-refractivity contribution in [3.63, 3.8) is 0 Å². The molecule has 0 unspecified atom stereocenters. The number of hydrogen-bond donors (Lipinski definition) is 0. The lowest BCUT2D eigenvalue weighted by molar-refractivity contribution is -0.150. The molecule has 0 aromatic carbocycles. The summed E-state index contributed by atoms with van der Waals surface area (Å²) in [6, 6.07) is 0. The number of ether oxygens (including phenoxy) is 1. The van der Waals surface area contributed by atoms with Crippen LogP contribution in [0.3, 0.4) is 0 Å². The Hall–Kier alpha value is -0.420. The zero-order valence-electron chi connectivity index (χ0n) is 5.46. The van der Waals surface area contributed by atoms with Gasteiger partial charge in [0, 0.05) is 11.5 Å². The van der Waals surface area contributed by atoms with Gasteiger partial charge in [-0.3, -0.25) is 0 Å². The monoisotopic (exact) mass is 188 g/mol. The lowest BCUT2D eigenvalue weighted by Crippen LogP contribution is -2.00. The lowest BCUT2D eigenvalue weighted by Gasteiger charge is -2.06. The summed E-state index contributed by atoms with van der Waals surface area (Å²) in [4.78, 5) is 22.8. The Morgan fingerprint density at radius 1 is 1.00 bits per heavy atom. The van der Waals surface area contributed by atoms with Crippen LogP contribution in [0.15, 0.2) is 9.81 Å². The molecule has 5 heteroatoms. The number of carbonyl (C=O) groups excluding carboxylic acids is 2. The van der Waals surface area contributed by atoms with Crippen molar-refractivity contribution >= 4 is 35.5 Å². The molecule has 0 amide bonds. The second-order valence-corrected chi connectivity index (χ2v) is 4.24. The van der Waals surface area contributed by atoms with Crippen LogP contribution in [0, 0.1) is 0 Å². The van der Waals surface area contributed by atoms with E-state index in [0.717, 1.165) is 11.5 Å². The molecular weight excluding hydrogens is 184 g/mol. The number of cyclic esters (lactones) is 2. The summed E-state index contributed by atoms with van der Waals surface area (Å²) in [5.74, 6) is 0.821. The normalized spacial score (nSPS) is 23.6. The molecule has 0 bridgehead atoms. The first-order valence-electron chi connectivity index (χ1n) is 3.05. The molecule has 2 aliphatic heterocycles. The SMILES string of the molecule is O=C1OC(=O)C2=C1SCCS2. The topological polar surface area (TPSA) is 43.4 Å². The minimum Gasteiger partial charge on any atom is -0.385 e. The van der Waals surface area contributed by atoms with E-state index in [0.29, 0.717) is 9.81 Å². The molecule has 0 N–H and O–H groups in total. The zero-order chi connectivity index (χ0) is 7.84. The van der Waals surface area contributed by atoms with Crippen molar-refractivity contribution in [3.05, 3.63) is 9.81 Å². The molecule has 2 heterocycles. The van der Waals surface area contributed by atoms with Gasteiger partial charge in [0.2, 0.25) is 0 Å². The number of hydrogen-bond acceptors (Lipinski definition) is 5. The van der Waals surface area contributed by atoms with Crippen LogP contribution in [0.4, 0.5) is 0 Å². The molecule has 0 aromatic rings. The number of esters is 2. The standard InChI is InChI=1S/C6H4O3S2/c7-5-3-4(6(8)9-5)11-2-1-10-3/h1-2H2.